The molecule has 6 rings (SSSR count). The van der Waals surface area contributed by atoms with Gasteiger partial charge in [-0.05, 0) is 66.9 Å². The summed E-state index contributed by atoms with van der Waals surface area (Å²) in [4.78, 5) is 19.8. The summed E-state index contributed by atoms with van der Waals surface area (Å²) in [5.41, 5.74) is 5.24. The Balaban J connectivity index is 1.28. The highest BCUT2D eigenvalue weighted by molar-refractivity contribution is 5.98. The van der Waals surface area contributed by atoms with E-state index in [4.69, 9.17) is 0 Å². The fourth-order valence-corrected chi connectivity index (χ4v) is 5.36. The van der Waals surface area contributed by atoms with Crippen LogP contribution >= 0.6 is 0 Å². The number of aromatic nitrogens is 3. The van der Waals surface area contributed by atoms with Crippen LogP contribution in [0.3, 0.4) is 0 Å². The van der Waals surface area contributed by atoms with E-state index in [9.17, 15) is 4.79 Å². The molecule has 2 aliphatic rings. The van der Waals surface area contributed by atoms with Gasteiger partial charge in [0.2, 0.25) is 0 Å². The zero-order chi connectivity index (χ0) is 23.7. The molecule has 0 aliphatic carbocycles. The third kappa shape index (κ3) is 4.20. The van der Waals surface area contributed by atoms with E-state index in [2.05, 4.69) is 50.5 Å². The molecule has 0 radical (unpaired) electrons. The van der Waals surface area contributed by atoms with Crippen LogP contribution in [0.15, 0.2) is 66.9 Å². The Morgan fingerprint density at radius 2 is 1.77 bits per heavy atom. The molecule has 4 heterocycles. The monoisotopic (exact) mass is 461 g/mol. The molecule has 2 aromatic heterocycles. The Morgan fingerprint density at radius 1 is 0.971 bits per heavy atom. The number of aromatic amines is 1. The number of carbonyl (C=O) groups is 1. The molecular formula is C29H27N5O. The lowest BCUT2D eigenvalue weighted by molar-refractivity contribution is 0.0761. The van der Waals surface area contributed by atoms with Crippen molar-refractivity contribution < 1.29 is 4.79 Å². The van der Waals surface area contributed by atoms with Gasteiger partial charge >= 0.3 is 0 Å². The van der Waals surface area contributed by atoms with Crippen LogP contribution in [0.25, 0.3) is 22.2 Å². The van der Waals surface area contributed by atoms with E-state index in [1.807, 2.05) is 47.4 Å². The van der Waals surface area contributed by atoms with Crippen molar-refractivity contribution in [3.8, 4) is 23.0 Å². The smallest absolute Gasteiger partial charge is 0.255 e. The number of benzene rings is 2. The summed E-state index contributed by atoms with van der Waals surface area (Å²) in [5, 5.41) is 11.6. The molecule has 35 heavy (non-hydrogen) atoms. The normalized spacial score (nSPS) is 16.9. The van der Waals surface area contributed by atoms with Crippen molar-refractivity contribution in [1.82, 2.24) is 25.4 Å². The third-order valence-electron chi connectivity index (χ3n) is 7.38. The van der Waals surface area contributed by atoms with E-state index >= 15 is 0 Å². The van der Waals surface area contributed by atoms with E-state index in [-0.39, 0.29) is 11.3 Å². The molecule has 1 amide bonds. The van der Waals surface area contributed by atoms with Gasteiger partial charge in [-0.25, -0.2) is 4.98 Å². The van der Waals surface area contributed by atoms with E-state index in [0.717, 1.165) is 67.5 Å². The highest BCUT2D eigenvalue weighted by Crippen LogP contribution is 2.39. The van der Waals surface area contributed by atoms with Crippen LogP contribution < -0.4 is 5.32 Å². The molecule has 2 aliphatic heterocycles. The van der Waals surface area contributed by atoms with Gasteiger partial charge in [0.25, 0.3) is 5.91 Å². The first-order valence-corrected chi connectivity index (χ1v) is 12.2. The van der Waals surface area contributed by atoms with Crippen LogP contribution in [0.2, 0.25) is 0 Å². The first-order valence-electron chi connectivity index (χ1n) is 12.2. The van der Waals surface area contributed by atoms with Gasteiger partial charge in [0, 0.05) is 24.8 Å². The van der Waals surface area contributed by atoms with Gasteiger partial charge in [-0.15, -0.1) is 0 Å². The van der Waals surface area contributed by atoms with Crippen LogP contribution in [0.4, 0.5) is 0 Å². The van der Waals surface area contributed by atoms with Crippen molar-refractivity contribution in [2.45, 2.75) is 19.3 Å². The summed E-state index contributed by atoms with van der Waals surface area (Å²) >= 11 is 0. The van der Waals surface area contributed by atoms with Crippen molar-refractivity contribution in [3.05, 3.63) is 83.7 Å². The molecule has 0 bridgehead atoms. The maximum Gasteiger partial charge on any atom is 0.255 e. The van der Waals surface area contributed by atoms with Crippen molar-refractivity contribution in [3.63, 3.8) is 0 Å². The van der Waals surface area contributed by atoms with Gasteiger partial charge in [0.15, 0.2) is 5.65 Å². The largest absolute Gasteiger partial charge is 0.338 e. The number of amides is 1. The van der Waals surface area contributed by atoms with Crippen molar-refractivity contribution >= 4 is 16.9 Å². The fourth-order valence-electron chi connectivity index (χ4n) is 5.36. The average Bonchev–Trinajstić information content (AvgIpc) is 3.52. The molecule has 0 saturated carbocycles. The summed E-state index contributed by atoms with van der Waals surface area (Å²) in [6, 6.07) is 20.2. The maximum absolute atomic E-state index is 13.3. The minimum atomic E-state index is 0.0457. The Morgan fingerprint density at radius 3 is 2.63 bits per heavy atom. The zero-order valence-corrected chi connectivity index (χ0v) is 19.6. The summed E-state index contributed by atoms with van der Waals surface area (Å²) in [6.07, 6.45) is 5.01. The highest BCUT2D eigenvalue weighted by atomic mass is 16.2. The molecular weight excluding hydrogens is 434 g/mol. The van der Waals surface area contributed by atoms with E-state index in [0.29, 0.717) is 16.9 Å². The van der Waals surface area contributed by atoms with Gasteiger partial charge in [0.05, 0.1) is 10.9 Å². The average molecular weight is 462 g/mol. The second-order valence-electron chi connectivity index (χ2n) is 9.58. The number of nitrogens with one attached hydrogen (secondary N) is 2. The Bertz CT molecular complexity index is 1440. The summed E-state index contributed by atoms with van der Waals surface area (Å²) < 4.78 is 0. The molecule has 6 heteroatoms. The molecule has 2 saturated heterocycles. The molecule has 2 aromatic carbocycles. The number of hydrogen-bond donors (Lipinski definition) is 2. The second kappa shape index (κ2) is 9.01. The predicted octanol–water partition coefficient (Wildman–Crippen LogP) is 4.24. The number of rotatable bonds is 2. The van der Waals surface area contributed by atoms with Gasteiger partial charge in [-0.2, -0.15) is 5.10 Å². The predicted molar refractivity (Wildman–Crippen MR) is 137 cm³/mol. The summed E-state index contributed by atoms with van der Waals surface area (Å²) in [6.45, 7) is 3.73. The Labute approximate surface area is 204 Å². The molecule has 4 aromatic rings. The lowest BCUT2D eigenvalue weighted by Crippen LogP contribution is -2.39. The number of H-pyrrole nitrogens is 1. The standard InChI is InChI=1S/C29H27N5O/c35-28(34-17-14-29(20-34)12-15-30-16-13-29)23-18-25-26(32-33-27(25)31-19-23)11-10-22-8-4-5-9-24(22)21-6-2-1-3-7-21/h1-9,18-19,30H,12-17,20H2,(H,31,32,33). The molecule has 2 N–H and O–H groups in total. The van der Waals surface area contributed by atoms with E-state index in [1.54, 1.807) is 6.20 Å². The lowest BCUT2D eigenvalue weighted by Gasteiger charge is -2.33. The fraction of sp³-hybridized carbons (Fsp3) is 0.276. The van der Waals surface area contributed by atoms with Crippen LogP contribution in [-0.4, -0.2) is 52.2 Å². The maximum atomic E-state index is 13.3. The minimum Gasteiger partial charge on any atom is -0.338 e. The number of piperidine rings is 1. The molecule has 174 valence electrons. The number of likely N-dealkylation sites (tertiary alicyclic amines) is 1. The van der Waals surface area contributed by atoms with Gasteiger partial charge < -0.3 is 10.2 Å². The van der Waals surface area contributed by atoms with Crippen LogP contribution in [-0.2, 0) is 0 Å². The zero-order valence-electron chi connectivity index (χ0n) is 19.6. The number of carbonyl (C=O) groups excluding carboxylic acids is 1. The number of nitrogens with zero attached hydrogens (tertiary/aromatic N) is 3. The van der Waals surface area contributed by atoms with Crippen LogP contribution in [0.5, 0.6) is 0 Å². The van der Waals surface area contributed by atoms with Crippen molar-refractivity contribution in [2.75, 3.05) is 26.2 Å². The Kier molecular flexibility index (Phi) is 5.55. The number of pyridine rings is 1. The van der Waals surface area contributed by atoms with Crippen LogP contribution in [0, 0.1) is 17.3 Å². The third-order valence-corrected chi connectivity index (χ3v) is 7.38. The number of fused-ring (bicyclic) bond motifs is 1. The van der Waals surface area contributed by atoms with Gasteiger partial charge in [-0.3, -0.25) is 9.89 Å². The molecule has 6 nitrogen and oxygen atoms in total. The topological polar surface area (TPSA) is 73.9 Å². The van der Waals surface area contributed by atoms with Crippen molar-refractivity contribution in [2.24, 2.45) is 5.41 Å². The minimum absolute atomic E-state index is 0.0457. The van der Waals surface area contributed by atoms with Gasteiger partial charge in [0.1, 0.15) is 5.69 Å². The first-order chi connectivity index (χ1) is 17.2. The number of hydrogen-bond acceptors (Lipinski definition) is 4. The summed E-state index contributed by atoms with van der Waals surface area (Å²) in [5.74, 6) is 6.55. The molecule has 2 fully saturated rings. The van der Waals surface area contributed by atoms with E-state index in [1.165, 1.54) is 0 Å². The summed E-state index contributed by atoms with van der Waals surface area (Å²) in [7, 11) is 0. The highest BCUT2D eigenvalue weighted by Gasteiger charge is 2.40. The van der Waals surface area contributed by atoms with Gasteiger partial charge in [-0.1, -0.05) is 54.5 Å². The first kappa shape index (κ1) is 21.6. The lowest BCUT2D eigenvalue weighted by atomic mass is 9.78. The second-order valence-corrected chi connectivity index (χ2v) is 9.58. The SMILES string of the molecule is O=C(c1cnc2[nH]nc(C#Cc3ccccc3-c3ccccc3)c2c1)N1CCC2(CCNCC2)C1. The molecule has 0 unspecified atom stereocenters. The van der Waals surface area contributed by atoms with Crippen LogP contribution in [0.1, 0.15) is 40.9 Å². The van der Waals surface area contributed by atoms with E-state index < -0.39 is 0 Å². The van der Waals surface area contributed by atoms with Crippen molar-refractivity contribution in [1.29, 1.82) is 0 Å². The quantitative estimate of drug-likeness (QED) is 0.438. The molecule has 1 spiro atoms. The Hall–Kier alpha value is -3.95. The molecule has 0 atom stereocenters.